The summed E-state index contributed by atoms with van der Waals surface area (Å²) in [4.78, 5) is 0. The molecule has 3 nitrogen and oxygen atoms in total. The zero-order chi connectivity index (χ0) is 16.6. The molecule has 0 bridgehead atoms. The van der Waals surface area contributed by atoms with Gasteiger partial charge in [0, 0.05) is 6.04 Å². The minimum atomic E-state index is 0.247. The number of hydrogen-bond donors (Lipinski definition) is 1. The molecular weight excluding hydrogens is 298 g/mol. The summed E-state index contributed by atoms with van der Waals surface area (Å²) in [5.74, 6) is 0. The predicted molar refractivity (Wildman–Crippen MR) is 96.7 cm³/mol. The smallest absolute Gasteiger partial charge is 0.0720 e. The van der Waals surface area contributed by atoms with Crippen LogP contribution in [0.2, 0.25) is 0 Å². The van der Waals surface area contributed by atoms with Crippen molar-refractivity contribution in [3.8, 4) is 0 Å². The summed E-state index contributed by atoms with van der Waals surface area (Å²) in [6.45, 7) is 1.35. The summed E-state index contributed by atoms with van der Waals surface area (Å²) in [6.07, 6.45) is 3.57. The SMILES string of the molecule is CNC1CC(OCc2ccccc2)CC(OCc2ccccc2)C1. The van der Waals surface area contributed by atoms with E-state index >= 15 is 0 Å². The van der Waals surface area contributed by atoms with Crippen LogP contribution in [0.3, 0.4) is 0 Å². The van der Waals surface area contributed by atoms with E-state index in [0.29, 0.717) is 19.3 Å². The van der Waals surface area contributed by atoms with Gasteiger partial charge < -0.3 is 14.8 Å². The molecule has 128 valence electrons. The summed E-state index contributed by atoms with van der Waals surface area (Å²) in [6, 6.07) is 21.2. The maximum atomic E-state index is 6.16. The number of hydrogen-bond acceptors (Lipinski definition) is 3. The first-order valence-electron chi connectivity index (χ1n) is 8.82. The number of nitrogens with one attached hydrogen (secondary N) is 1. The molecule has 0 radical (unpaired) electrons. The van der Waals surface area contributed by atoms with E-state index in [4.69, 9.17) is 9.47 Å². The second-order valence-electron chi connectivity index (χ2n) is 6.53. The minimum Gasteiger partial charge on any atom is -0.373 e. The lowest BCUT2D eigenvalue weighted by atomic mass is 9.90. The molecule has 0 heterocycles. The van der Waals surface area contributed by atoms with Crippen molar-refractivity contribution in [1.82, 2.24) is 5.32 Å². The molecule has 1 N–H and O–H groups in total. The summed E-state index contributed by atoms with van der Waals surface area (Å²) in [5, 5.41) is 3.40. The monoisotopic (exact) mass is 325 g/mol. The van der Waals surface area contributed by atoms with E-state index in [-0.39, 0.29) is 12.2 Å². The Balaban J connectivity index is 1.51. The third-order valence-corrected chi connectivity index (χ3v) is 4.69. The molecule has 2 aromatic carbocycles. The predicted octanol–water partition coefficient (Wildman–Crippen LogP) is 3.93. The molecule has 2 aromatic rings. The number of benzene rings is 2. The molecule has 3 heteroatoms. The highest BCUT2D eigenvalue weighted by Crippen LogP contribution is 2.25. The Kier molecular flexibility index (Phi) is 6.41. The maximum absolute atomic E-state index is 6.16. The average molecular weight is 325 g/mol. The van der Waals surface area contributed by atoms with Crippen LogP contribution >= 0.6 is 0 Å². The number of rotatable bonds is 7. The first kappa shape index (κ1) is 17.2. The van der Waals surface area contributed by atoms with Gasteiger partial charge in [-0.15, -0.1) is 0 Å². The van der Waals surface area contributed by atoms with E-state index in [9.17, 15) is 0 Å². The van der Waals surface area contributed by atoms with Crippen molar-refractivity contribution in [3.05, 3.63) is 71.8 Å². The van der Waals surface area contributed by atoms with Crippen LogP contribution in [-0.4, -0.2) is 25.3 Å². The van der Waals surface area contributed by atoms with Gasteiger partial charge in [-0.3, -0.25) is 0 Å². The molecule has 24 heavy (non-hydrogen) atoms. The Morgan fingerprint density at radius 2 is 1.21 bits per heavy atom. The zero-order valence-corrected chi connectivity index (χ0v) is 14.4. The van der Waals surface area contributed by atoms with E-state index in [2.05, 4.69) is 53.8 Å². The van der Waals surface area contributed by atoms with Gasteiger partial charge in [0.15, 0.2) is 0 Å². The van der Waals surface area contributed by atoms with Crippen molar-refractivity contribution in [2.45, 2.75) is 50.7 Å². The molecule has 0 amide bonds. The van der Waals surface area contributed by atoms with Crippen molar-refractivity contribution in [3.63, 3.8) is 0 Å². The van der Waals surface area contributed by atoms with Crippen molar-refractivity contribution in [2.24, 2.45) is 0 Å². The second kappa shape index (κ2) is 8.97. The van der Waals surface area contributed by atoms with Crippen LogP contribution in [0.5, 0.6) is 0 Å². The van der Waals surface area contributed by atoms with Gasteiger partial charge in [0.05, 0.1) is 25.4 Å². The summed E-state index contributed by atoms with van der Waals surface area (Å²) < 4.78 is 12.3. The molecule has 1 fully saturated rings. The van der Waals surface area contributed by atoms with E-state index in [1.165, 1.54) is 11.1 Å². The Hall–Kier alpha value is -1.68. The topological polar surface area (TPSA) is 30.5 Å². The van der Waals surface area contributed by atoms with E-state index < -0.39 is 0 Å². The lowest BCUT2D eigenvalue weighted by molar-refractivity contribution is -0.0636. The van der Waals surface area contributed by atoms with Crippen molar-refractivity contribution in [1.29, 1.82) is 0 Å². The highest BCUT2D eigenvalue weighted by atomic mass is 16.5. The van der Waals surface area contributed by atoms with E-state index in [1.54, 1.807) is 0 Å². The molecule has 2 atom stereocenters. The molecule has 1 aliphatic rings. The highest BCUT2D eigenvalue weighted by Gasteiger charge is 2.29. The molecule has 0 spiro atoms. The Bertz CT molecular complexity index is 536. The summed E-state index contributed by atoms with van der Waals surface area (Å²) in [5.41, 5.74) is 2.46. The standard InChI is InChI=1S/C21H27NO2/c1-22-19-12-20(23-15-17-8-4-2-5-9-17)14-21(13-19)24-16-18-10-6-3-7-11-18/h2-11,19-22H,12-16H2,1H3. The third kappa shape index (κ3) is 5.17. The molecule has 3 rings (SSSR count). The van der Waals surface area contributed by atoms with Gasteiger partial charge in [-0.05, 0) is 37.4 Å². The van der Waals surface area contributed by atoms with Crippen LogP contribution < -0.4 is 5.32 Å². The molecule has 1 saturated carbocycles. The Morgan fingerprint density at radius 3 is 1.62 bits per heavy atom. The van der Waals surface area contributed by atoms with Crippen LogP contribution in [-0.2, 0) is 22.7 Å². The molecule has 0 saturated heterocycles. The highest BCUT2D eigenvalue weighted by molar-refractivity contribution is 5.14. The minimum absolute atomic E-state index is 0.247. The van der Waals surface area contributed by atoms with Gasteiger partial charge in [-0.25, -0.2) is 0 Å². The fourth-order valence-electron chi connectivity index (χ4n) is 3.30. The van der Waals surface area contributed by atoms with Crippen molar-refractivity contribution in [2.75, 3.05) is 7.05 Å². The first-order valence-corrected chi connectivity index (χ1v) is 8.82. The molecular formula is C21H27NO2. The Morgan fingerprint density at radius 1 is 0.750 bits per heavy atom. The van der Waals surface area contributed by atoms with Gasteiger partial charge in [0.25, 0.3) is 0 Å². The largest absolute Gasteiger partial charge is 0.373 e. The van der Waals surface area contributed by atoms with Gasteiger partial charge in [-0.1, -0.05) is 60.7 Å². The molecule has 0 aliphatic heterocycles. The van der Waals surface area contributed by atoms with E-state index in [0.717, 1.165) is 19.3 Å². The lowest BCUT2D eigenvalue weighted by Gasteiger charge is -2.34. The molecule has 0 aromatic heterocycles. The normalized spacial score (nSPS) is 24.0. The first-order chi connectivity index (χ1) is 11.8. The van der Waals surface area contributed by atoms with Crippen molar-refractivity contribution < 1.29 is 9.47 Å². The second-order valence-corrected chi connectivity index (χ2v) is 6.53. The van der Waals surface area contributed by atoms with Crippen LogP contribution in [0.4, 0.5) is 0 Å². The van der Waals surface area contributed by atoms with Crippen LogP contribution in [0, 0.1) is 0 Å². The fourth-order valence-corrected chi connectivity index (χ4v) is 3.30. The van der Waals surface area contributed by atoms with Gasteiger partial charge in [0.2, 0.25) is 0 Å². The van der Waals surface area contributed by atoms with Gasteiger partial charge in [-0.2, -0.15) is 0 Å². The molecule has 1 aliphatic carbocycles. The summed E-state index contributed by atoms with van der Waals surface area (Å²) in [7, 11) is 2.03. The van der Waals surface area contributed by atoms with Gasteiger partial charge in [0.1, 0.15) is 0 Å². The quantitative estimate of drug-likeness (QED) is 0.837. The van der Waals surface area contributed by atoms with Gasteiger partial charge >= 0.3 is 0 Å². The third-order valence-electron chi connectivity index (χ3n) is 4.69. The lowest BCUT2D eigenvalue weighted by Crippen LogP contribution is -2.41. The van der Waals surface area contributed by atoms with Crippen LogP contribution in [0.25, 0.3) is 0 Å². The summed E-state index contributed by atoms with van der Waals surface area (Å²) >= 11 is 0. The van der Waals surface area contributed by atoms with Crippen molar-refractivity contribution >= 4 is 0 Å². The Labute approximate surface area is 145 Å². The zero-order valence-electron chi connectivity index (χ0n) is 14.4. The maximum Gasteiger partial charge on any atom is 0.0720 e. The fraction of sp³-hybridized carbons (Fsp3) is 0.429. The molecule has 2 unspecified atom stereocenters. The average Bonchev–Trinajstić information content (AvgIpc) is 2.66. The number of ether oxygens (including phenoxy) is 2. The van der Waals surface area contributed by atoms with E-state index in [1.807, 2.05) is 19.2 Å². The van der Waals surface area contributed by atoms with Crippen LogP contribution in [0.15, 0.2) is 60.7 Å². The van der Waals surface area contributed by atoms with Crippen LogP contribution in [0.1, 0.15) is 30.4 Å².